The van der Waals surface area contributed by atoms with Crippen molar-refractivity contribution in [2.75, 3.05) is 19.0 Å². The van der Waals surface area contributed by atoms with Crippen LogP contribution in [0.25, 0.3) is 0 Å². The first-order valence-electron chi connectivity index (χ1n) is 3.87. The molecule has 0 aromatic heterocycles. The van der Waals surface area contributed by atoms with Gasteiger partial charge in [0.05, 0.1) is 5.69 Å². The third-order valence-corrected chi connectivity index (χ3v) is 1.79. The number of para-hydroxylation sites is 1. The number of hydrogen-bond donors (Lipinski definition) is 1. The SMILES string of the molecule is CN=C(N)N(C)c1ccccc1F. The van der Waals surface area contributed by atoms with Crippen LogP contribution in [0.1, 0.15) is 0 Å². The molecule has 2 N–H and O–H groups in total. The number of halogens is 1. The Bertz CT molecular complexity index is 322. The summed E-state index contributed by atoms with van der Waals surface area (Å²) in [7, 11) is 3.23. The van der Waals surface area contributed by atoms with Crippen LogP contribution in [0.3, 0.4) is 0 Å². The Morgan fingerprint density at radius 3 is 2.62 bits per heavy atom. The quantitative estimate of drug-likeness (QED) is 0.522. The van der Waals surface area contributed by atoms with Crippen molar-refractivity contribution < 1.29 is 4.39 Å². The van der Waals surface area contributed by atoms with Crippen molar-refractivity contribution >= 4 is 11.6 Å². The average Bonchev–Trinajstić information content (AvgIpc) is 2.16. The Balaban J connectivity index is 3.02. The summed E-state index contributed by atoms with van der Waals surface area (Å²) in [6, 6.07) is 6.41. The Labute approximate surface area is 76.7 Å². The number of anilines is 1. The Hall–Kier alpha value is -1.58. The van der Waals surface area contributed by atoms with Gasteiger partial charge in [-0.1, -0.05) is 12.1 Å². The first-order valence-corrected chi connectivity index (χ1v) is 3.87. The van der Waals surface area contributed by atoms with E-state index >= 15 is 0 Å². The van der Waals surface area contributed by atoms with Crippen molar-refractivity contribution in [1.82, 2.24) is 0 Å². The number of guanidine groups is 1. The highest BCUT2D eigenvalue weighted by Gasteiger charge is 2.08. The number of hydrogen-bond acceptors (Lipinski definition) is 1. The maximum atomic E-state index is 13.2. The van der Waals surface area contributed by atoms with Crippen LogP contribution in [-0.2, 0) is 0 Å². The monoisotopic (exact) mass is 181 g/mol. The molecular formula is C9H12FN3. The van der Waals surface area contributed by atoms with E-state index in [1.165, 1.54) is 11.0 Å². The lowest BCUT2D eigenvalue weighted by atomic mass is 10.3. The van der Waals surface area contributed by atoms with Crippen LogP contribution < -0.4 is 10.6 Å². The topological polar surface area (TPSA) is 41.6 Å². The maximum absolute atomic E-state index is 13.2. The highest BCUT2D eigenvalue weighted by Crippen LogP contribution is 2.16. The molecule has 0 bridgehead atoms. The van der Waals surface area contributed by atoms with Crippen LogP contribution in [0.2, 0.25) is 0 Å². The standard InChI is InChI=1S/C9H12FN3/c1-12-9(11)13(2)8-6-4-3-5-7(8)10/h3-6H,1-2H3,(H2,11,12). The smallest absolute Gasteiger partial charge is 0.195 e. The summed E-state index contributed by atoms with van der Waals surface area (Å²) >= 11 is 0. The van der Waals surface area contributed by atoms with Crippen molar-refractivity contribution in [2.24, 2.45) is 10.7 Å². The van der Waals surface area contributed by atoms with E-state index in [9.17, 15) is 4.39 Å². The van der Waals surface area contributed by atoms with Gasteiger partial charge < -0.3 is 10.6 Å². The van der Waals surface area contributed by atoms with Crippen molar-refractivity contribution in [3.8, 4) is 0 Å². The number of aliphatic imine (C=N–C) groups is 1. The number of nitrogens with zero attached hydrogens (tertiary/aromatic N) is 2. The lowest BCUT2D eigenvalue weighted by molar-refractivity contribution is 0.628. The van der Waals surface area contributed by atoms with E-state index in [0.29, 0.717) is 5.69 Å². The second kappa shape index (κ2) is 3.89. The zero-order valence-electron chi connectivity index (χ0n) is 7.66. The molecular weight excluding hydrogens is 169 g/mol. The molecule has 0 unspecified atom stereocenters. The summed E-state index contributed by atoms with van der Waals surface area (Å²) in [5.41, 5.74) is 5.95. The molecule has 0 spiro atoms. The molecule has 0 radical (unpaired) electrons. The minimum absolute atomic E-state index is 0.282. The van der Waals surface area contributed by atoms with Gasteiger partial charge in [-0.25, -0.2) is 4.39 Å². The Morgan fingerprint density at radius 1 is 1.46 bits per heavy atom. The molecule has 1 aromatic rings. The van der Waals surface area contributed by atoms with Gasteiger partial charge in [-0.15, -0.1) is 0 Å². The summed E-state index contributed by atoms with van der Waals surface area (Å²) in [5, 5.41) is 0. The summed E-state index contributed by atoms with van der Waals surface area (Å²) in [6.07, 6.45) is 0. The van der Waals surface area contributed by atoms with Crippen molar-refractivity contribution in [3.63, 3.8) is 0 Å². The van der Waals surface area contributed by atoms with Gasteiger partial charge in [-0.2, -0.15) is 0 Å². The molecule has 0 fully saturated rings. The fraction of sp³-hybridized carbons (Fsp3) is 0.222. The van der Waals surface area contributed by atoms with E-state index < -0.39 is 0 Å². The fourth-order valence-electron chi connectivity index (χ4n) is 0.997. The highest BCUT2D eigenvalue weighted by molar-refractivity contribution is 5.94. The summed E-state index contributed by atoms with van der Waals surface area (Å²) < 4.78 is 13.2. The fourth-order valence-corrected chi connectivity index (χ4v) is 0.997. The van der Waals surface area contributed by atoms with Crippen LogP contribution >= 0.6 is 0 Å². The zero-order valence-corrected chi connectivity index (χ0v) is 7.66. The van der Waals surface area contributed by atoms with Crippen molar-refractivity contribution in [1.29, 1.82) is 0 Å². The van der Waals surface area contributed by atoms with Crippen LogP contribution in [0.4, 0.5) is 10.1 Å². The highest BCUT2D eigenvalue weighted by atomic mass is 19.1. The summed E-state index contributed by atoms with van der Waals surface area (Å²) in [4.78, 5) is 5.25. The molecule has 1 aromatic carbocycles. The third kappa shape index (κ3) is 1.96. The molecule has 70 valence electrons. The van der Waals surface area contributed by atoms with Gasteiger partial charge in [0, 0.05) is 14.1 Å². The molecule has 0 atom stereocenters. The molecule has 0 aliphatic carbocycles. The van der Waals surface area contributed by atoms with Gasteiger partial charge in [0.15, 0.2) is 5.96 Å². The number of rotatable bonds is 1. The molecule has 0 amide bonds. The van der Waals surface area contributed by atoms with Crippen LogP contribution in [0.15, 0.2) is 29.3 Å². The van der Waals surface area contributed by atoms with Crippen molar-refractivity contribution in [2.45, 2.75) is 0 Å². The normalized spacial score (nSPS) is 11.5. The van der Waals surface area contributed by atoms with Gasteiger partial charge in [0.2, 0.25) is 0 Å². The van der Waals surface area contributed by atoms with E-state index in [1.54, 1.807) is 32.3 Å². The molecule has 1 rings (SSSR count). The van der Waals surface area contributed by atoms with E-state index in [4.69, 9.17) is 5.73 Å². The molecule has 0 saturated heterocycles. The summed E-state index contributed by atoms with van der Waals surface area (Å²) in [6.45, 7) is 0. The van der Waals surface area contributed by atoms with E-state index in [2.05, 4.69) is 4.99 Å². The van der Waals surface area contributed by atoms with E-state index in [0.717, 1.165) is 0 Å². The predicted molar refractivity (Wildman–Crippen MR) is 52.3 cm³/mol. The lowest BCUT2D eigenvalue weighted by Crippen LogP contribution is -2.34. The van der Waals surface area contributed by atoms with Gasteiger partial charge in [-0.05, 0) is 12.1 Å². The third-order valence-electron chi connectivity index (χ3n) is 1.79. The van der Waals surface area contributed by atoms with Crippen molar-refractivity contribution in [3.05, 3.63) is 30.1 Å². The van der Waals surface area contributed by atoms with Crippen LogP contribution in [-0.4, -0.2) is 20.1 Å². The molecule has 13 heavy (non-hydrogen) atoms. The minimum atomic E-state index is -0.309. The zero-order chi connectivity index (χ0) is 9.84. The second-order valence-corrected chi connectivity index (χ2v) is 2.59. The number of benzene rings is 1. The predicted octanol–water partition coefficient (Wildman–Crippen LogP) is 1.21. The minimum Gasteiger partial charge on any atom is -0.370 e. The Morgan fingerprint density at radius 2 is 2.08 bits per heavy atom. The molecule has 3 nitrogen and oxygen atoms in total. The van der Waals surface area contributed by atoms with Gasteiger partial charge in [0.25, 0.3) is 0 Å². The summed E-state index contributed by atoms with van der Waals surface area (Å²) in [5.74, 6) is -0.0262. The lowest BCUT2D eigenvalue weighted by Gasteiger charge is -2.17. The first-order chi connectivity index (χ1) is 6.16. The van der Waals surface area contributed by atoms with Crippen LogP contribution in [0, 0.1) is 5.82 Å². The van der Waals surface area contributed by atoms with Gasteiger partial charge in [0.1, 0.15) is 5.82 Å². The molecule has 0 heterocycles. The molecule has 0 aliphatic rings. The Kier molecular flexibility index (Phi) is 2.84. The average molecular weight is 181 g/mol. The van der Waals surface area contributed by atoms with Gasteiger partial charge in [-0.3, -0.25) is 4.99 Å². The molecule has 0 aliphatic heterocycles. The van der Waals surface area contributed by atoms with Gasteiger partial charge >= 0.3 is 0 Å². The maximum Gasteiger partial charge on any atom is 0.195 e. The second-order valence-electron chi connectivity index (χ2n) is 2.59. The largest absolute Gasteiger partial charge is 0.370 e. The van der Waals surface area contributed by atoms with Crippen LogP contribution in [0.5, 0.6) is 0 Å². The van der Waals surface area contributed by atoms with E-state index in [-0.39, 0.29) is 11.8 Å². The number of nitrogens with two attached hydrogens (primary N) is 1. The molecule has 4 heteroatoms. The molecule has 0 saturated carbocycles. The first kappa shape index (κ1) is 9.51. The van der Waals surface area contributed by atoms with E-state index in [1.807, 2.05) is 0 Å².